The van der Waals surface area contributed by atoms with Gasteiger partial charge in [-0.3, -0.25) is 0 Å². The standard InChI is InChI=1S/C10H14N2O/c11-10-6-3-4-8(12-10)9-5-1-2-7-13-9/h3-4,6,9H,1-2,5,7H2,(H2,11,12). The molecular weight excluding hydrogens is 164 g/mol. The Labute approximate surface area is 77.9 Å². The van der Waals surface area contributed by atoms with Crippen molar-refractivity contribution in [2.24, 2.45) is 0 Å². The van der Waals surface area contributed by atoms with Gasteiger partial charge in [-0.25, -0.2) is 4.98 Å². The van der Waals surface area contributed by atoms with E-state index in [0.717, 1.165) is 18.7 Å². The first kappa shape index (κ1) is 8.51. The number of hydrogen-bond acceptors (Lipinski definition) is 3. The molecule has 13 heavy (non-hydrogen) atoms. The number of ether oxygens (including phenoxy) is 1. The molecule has 1 aromatic rings. The molecule has 0 spiro atoms. The van der Waals surface area contributed by atoms with Crippen LogP contribution in [-0.4, -0.2) is 11.6 Å². The molecule has 0 radical (unpaired) electrons. The zero-order chi connectivity index (χ0) is 9.10. The summed E-state index contributed by atoms with van der Waals surface area (Å²) < 4.78 is 5.60. The molecule has 2 rings (SSSR count). The van der Waals surface area contributed by atoms with E-state index in [0.29, 0.717) is 5.82 Å². The van der Waals surface area contributed by atoms with Crippen molar-refractivity contribution in [2.75, 3.05) is 12.3 Å². The second kappa shape index (κ2) is 3.75. The molecule has 3 nitrogen and oxygen atoms in total. The minimum Gasteiger partial charge on any atom is -0.384 e. The third-order valence-corrected chi connectivity index (χ3v) is 2.30. The van der Waals surface area contributed by atoms with Crippen molar-refractivity contribution < 1.29 is 4.74 Å². The third kappa shape index (κ3) is 1.98. The van der Waals surface area contributed by atoms with E-state index in [4.69, 9.17) is 10.5 Å². The van der Waals surface area contributed by atoms with Gasteiger partial charge in [0, 0.05) is 6.61 Å². The summed E-state index contributed by atoms with van der Waals surface area (Å²) in [6.45, 7) is 0.848. The monoisotopic (exact) mass is 178 g/mol. The molecule has 0 aliphatic carbocycles. The summed E-state index contributed by atoms with van der Waals surface area (Å²) in [4.78, 5) is 4.25. The van der Waals surface area contributed by atoms with Crippen LogP contribution in [0.2, 0.25) is 0 Å². The average Bonchev–Trinajstić information content (AvgIpc) is 2.19. The number of hydrogen-bond donors (Lipinski definition) is 1. The van der Waals surface area contributed by atoms with Crippen LogP contribution in [-0.2, 0) is 4.74 Å². The first-order chi connectivity index (χ1) is 6.36. The van der Waals surface area contributed by atoms with Crippen LogP contribution in [0.4, 0.5) is 5.82 Å². The Morgan fingerprint density at radius 1 is 1.38 bits per heavy atom. The van der Waals surface area contributed by atoms with E-state index in [1.165, 1.54) is 12.8 Å². The molecule has 3 heteroatoms. The van der Waals surface area contributed by atoms with Gasteiger partial charge in [-0.1, -0.05) is 6.07 Å². The normalized spacial score (nSPS) is 22.9. The highest BCUT2D eigenvalue weighted by atomic mass is 16.5. The van der Waals surface area contributed by atoms with E-state index in [2.05, 4.69) is 4.98 Å². The van der Waals surface area contributed by atoms with Crippen LogP contribution in [0.3, 0.4) is 0 Å². The molecule has 0 aromatic carbocycles. The van der Waals surface area contributed by atoms with Crippen molar-refractivity contribution >= 4 is 5.82 Å². The fourth-order valence-electron chi connectivity index (χ4n) is 1.62. The molecule has 1 aliphatic heterocycles. The first-order valence-electron chi connectivity index (χ1n) is 4.70. The van der Waals surface area contributed by atoms with Gasteiger partial charge < -0.3 is 10.5 Å². The highest BCUT2D eigenvalue weighted by Gasteiger charge is 2.16. The number of rotatable bonds is 1. The van der Waals surface area contributed by atoms with Gasteiger partial charge in [0.15, 0.2) is 0 Å². The van der Waals surface area contributed by atoms with Crippen molar-refractivity contribution in [1.29, 1.82) is 0 Å². The molecular formula is C10H14N2O. The molecule has 1 saturated heterocycles. The Hall–Kier alpha value is -1.09. The average molecular weight is 178 g/mol. The minimum absolute atomic E-state index is 0.164. The molecule has 70 valence electrons. The zero-order valence-electron chi connectivity index (χ0n) is 7.57. The lowest BCUT2D eigenvalue weighted by Gasteiger charge is -2.21. The Morgan fingerprint density at radius 3 is 3.00 bits per heavy atom. The van der Waals surface area contributed by atoms with Gasteiger partial charge in [0.25, 0.3) is 0 Å². The number of pyridine rings is 1. The van der Waals surface area contributed by atoms with Crippen molar-refractivity contribution in [3.8, 4) is 0 Å². The highest BCUT2D eigenvalue weighted by molar-refractivity contribution is 5.29. The maximum atomic E-state index is 5.60. The van der Waals surface area contributed by atoms with E-state index in [9.17, 15) is 0 Å². The summed E-state index contributed by atoms with van der Waals surface area (Å²) in [5, 5.41) is 0. The van der Waals surface area contributed by atoms with Crippen LogP contribution in [0.5, 0.6) is 0 Å². The summed E-state index contributed by atoms with van der Waals surface area (Å²) in [6, 6.07) is 5.70. The highest BCUT2D eigenvalue weighted by Crippen LogP contribution is 2.26. The second-order valence-electron chi connectivity index (χ2n) is 3.34. The maximum Gasteiger partial charge on any atom is 0.123 e. The summed E-state index contributed by atoms with van der Waals surface area (Å²) in [5.74, 6) is 0.576. The number of nitrogens with two attached hydrogens (primary N) is 1. The number of aromatic nitrogens is 1. The molecule has 1 atom stereocenters. The number of anilines is 1. The molecule has 0 bridgehead atoms. The minimum atomic E-state index is 0.164. The maximum absolute atomic E-state index is 5.60. The fraction of sp³-hybridized carbons (Fsp3) is 0.500. The van der Waals surface area contributed by atoms with Gasteiger partial charge in [0.05, 0.1) is 11.8 Å². The quantitative estimate of drug-likeness (QED) is 0.714. The van der Waals surface area contributed by atoms with Gasteiger partial charge in [0.1, 0.15) is 5.82 Å². The Bertz CT molecular complexity index is 282. The van der Waals surface area contributed by atoms with Crippen LogP contribution in [0.25, 0.3) is 0 Å². The van der Waals surface area contributed by atoms with Crippen LogP contribution < -0.4 is 5.73 Å². The van der Waals surface area contributed by atoms with E-state index >= 15 is 0 Å². The van der Waals surface area contributed by atoms with Gasteiger partial charge in [-0.2, -0.15) is 0 Å². The molecule has 0 saturated carbocycles. The number of nitrogens with zero attached hydrogens (tertiary/aromatic N) is 1. The predicted molar refractivity (Wildman–Crippen MR) is 51.2 cm³/mol. The number of nitrogen functional groups attached to an aromatic ring is 1. The van der Waals surface area contributed by atoms with Crippen molar-refractivity contribution in [1.82, 2.24) is 4.98 Å². The molecule has 2 heterocycles. The Balaban J connectivity index is 2.14. The Morgan fingerprint density at radius 2 is 2.31 bits per heavy atom. The molecule has 1 unspecified atom stereocenters. The summed E-state index contributed by atoms with van der Waals surface area (Å²) in [5.41, 5.74) is 6.57. The van der Waals surface area contributed by atoms with Crippen molar-refractivity contribution in [3.63, 3.8) is 0 Å². The van der Waals surface area contributed by atoms with Gasteiger partial charge in [-0.05, 0) is 31.4 Å². The fourth-order valence-corrected chi connectivity index (χ4v) is 1.62. The lowest BCUT2D eigenvalue weighted by molar-refractivity contribution is 0.0124. The van der Waals surface area contributed by atoms with Gasteiger partial charge >= 0.3 is 0 Å². The molecule has 1 fully saturated rings. The molecule has 1 aromatic heterocycles. The van der Waals surface area contributed by atoms with Gasteiger partial charge in [0.2, 0.25) is 0 Å². The molecule has 1 aliphatic rings. The lowest BCUT2D eigenvalue weighted by Crippen LogP contribution is -2.13. The van der Waals surface area contributed by atoms with Crippen LogP contribution in [0.15, 0.2) is 18.2 Å². The second-order valence-corrected chi connectivity index (χ2v) is 3.34. The third-order valence-electron chi connectivity index (χ3n) is 2.30. The molecule has 0 amide bonds. The summed E-state index contributed by atoms with van der Waals surface area (Å²) in [6.07, 6.45) is 3.62. The molecule has 2 N–H and O–H groups in total. The van der Waals surface area contributed by atoms with E-state index in [1.807, 2.05) is 12.1 Å². The van der Waals surface area contributed by atoms with Crippen molar-refractivity contribution in [2.45, 2.75) is 25.4 Å². The zero-order valence-corrected chi connectivity index (χ0v) is 7.57. The topological polar surface area (TPSA) is 48.1 Å². The van der Waals surface area contributed by atoms with E-state index < -0.39 is 0 Å². The van der Waals surface area contributed by atoms with Crippen molar-refractivity contribution in [3.05, 3.63) is 23.9 Å². The SMILES string of the molecule is Nc1cccc(C2CCCCO2)n1. The lowest BCUT2D eigenvalue weighted by atomic mass is 10.1. The summed E-state index contributed by atoms with van der Waals surface area (Å²) in [7, 11) is 0. The largest absolute Gasteiger partial charge is 0.384 e. The van der Waals surface area contributed by atoms with Crippen LogP contribution in [0, 0.1) is 0 Å². The van der Waals surface area contributed by atoms with Gasteiger partial charge in [-0.15, -0.1) is 0 Å². The van der Waals surface area contributed by atoms with E-state index in [1.54, 1.807) is 6.07 Å². The predicted octanol–water partition coefficient (Wildman–Crippen LogP) is 1.91. The van der Waals surface area contributed by atoms with E-state index in [-0.39, 0.29) is 6.10 Å². The van der Waals surface area contributed by atoms with Crippen LogP contribution >= 0.6 is 0 Å². The first-order valence-corrected chi connectivity index (χ1v) is 4.70. The Kier molecular flexibility index (Phi) is 2.45. The smallest absolute Gasteiger partial charge is 0.123 e. The summed E-state index contributed by atoms with van der Waals surface area (Å²) >= 11 is 0. The van der Waals surface area contributed by atoms with Crippen LogP contribution in [0.1, 0.15) is 31.1 Å².